The molecule has 10 heteroatoms. The molecule has 1 saturated heterocycles. The summed E-state index contributed by atoms with van der Waals surface area (Å²) in [6, 6.07) is 0.983. The fourth-order valence-electron chi connectivity index (χ4n) is 1.94. The number of nitrogens with zero attached hydrogens (tertiary/aromatic N) is 1. The third kappa shape index (κ3) is 2.00. The highest BCUT2D eigenvalue weighted by molar-refractivity contribution is 4.97. The van der Waals surface area contributed by atoms with Crippen molar-refractivity contribution in [2.75, 3.05) is 6.61 Å². The van der Waals surface area contributed by atoms with Crippen LogP contribution in [0.1, 0.15) is 0 Å². The highest BCUT2D eigenvalue weighted by Crippen LogP contribution is 2.34. The molecular weight excluding hydrogens is 262 g/mol. The summed E-state index contributed by atoms with van der Waals surface area (Å²) in [4.78, 5) is 29.1. The van der Waals surface area contributed by atoms with Crippen molar-refractivity contribution in [3.63, 3.8) is 0 Å². The van der Waals surface area contributed by atoms with Crippen molar-refractivity contribution in [2.45, 2.75) is 24.2 Å². The van der Waals surface area contributed by atoms with Gasteiger partial charge in [-0.05, 0) is 0 Å². The van der Waals surface area contributed by atoms with Gasteiger partial charge in [0.15, 0.2) is 6.10 Å². The number of nitrogens with one attached hydrogen (secondary N) is 1. The van der Waals surface area contributed by atoms with E-state index in [9.17, 15) is 19.8 Å². The molecule has 4 atom stereocenters. The van der Waals surface area contributed by atoms with Crippen molar-refractivity contribution in [1.82, 2.24) is 9.55 Å². The summed E-state index contributed by atoms with van der Waals surface area (Å²) in [5, 5.41) is 28.6. The SMILES string of the molecule is NO[C@@]1(n2ccc(=O)[nH]c2=O)O[C@H](CO)[C@@H](O)[C@H]1O. The molecule has 0 spiro atoms. The molecule has 2 heterocycles. The predicted molar refractivity (Wildman–Crippen MR) is 58.5 cm³/mol. The molecule has 0 amide bonds. The molecule has 19 heavy (non-hydrogen) atoms. The van der Waals surface area contributed by atoms with Crippen molar-refractivity contribution in [1.29, 1.82) is 0 Å². The molecule has 0 radical (unpaired) electrons. The molecular formula is C9H13N3O7. The monoisotopic (exact) mass is 275 g/mol. The minimum absolute atomic E-state index is 0.624. The van der Waals surface area contributed by atoms with Crippen LogP contribution in [0, 0.1) is 0 Å². The van der Waals surface area contributed by atoms with Crippen molar-refractivity contribution >= 4 is 0 Å². The summed E-state index contributed by atoms with van der Waals surface area (Å²) < 4.78 is 5.80. The van der Waals surface area contributed by atoms with E-state index in [2.05, 4.69) is 4.84 Å². The molecule has 0 aliphatic carbocycles. The first-order valence-electron chi connectivity index (χ1n) is 5.31. The number of aliphatic hydroxyl groups is 3. The second kappa shape index (κ2) is 4.85. The van der Waals surface area contributed by atoms with Crippen LogP contribution in [-0.4, -0.2) is 49.8 Å². The summed E-state index contributed by atoms with van der Waals surface area (Å²) >= 11 is 0. The Bertz CT molecular complexity index is 569. The van der Waals surface area contributed by atoms with Crippen LogP contribution in [0.25, 0.3) is 0 Å². The molecule has 1 aliphatic heterocycles. The topological polar surface area (TPSA) is 160 Å². The van der Waals surface area contributed by atoms with Crippen LogP contribution in [-0.2, 0) is 15.5 Å². The van der Waals surface area contributed by atoms with E-state index in [-0.39, 0.29) is 0 Å². The minimum Gasteiger partial charge on any atom is -0.394 e. The van der Waals surface area contributed by atoms with Gasteiger partial charge in [0.25, 0.3) is 5.56 Å². The largest absolute Gasteiger partial charge is 0.394 e. The number of nitrogens with two attached hydrogens (primary N) is 1. The average Bonchev–Trinajstić information content (AvgIpc) is 2.64. The van der Waals surface area contributed by atoms with E-state index in [4.69, 9.17) is 15.7 Å². The number of aromatic amines is 1. The minimum atomic E-state index is -2.23. The number of aliphatic hydroxyl groups excluding tert-OH is 3. The Hall–Kier alpha value is -1.56. The Kier molecular flexibility index (Phi) is 3.54. The lowest BCUT2D eigenvalue weighted by Gasteiger charge is -2.30. The zero-order valence-corrected chi connectivity index (χ0v) is 9.59. The summed E-state index contributed by atoms with van der Waals surface area (Å²) in [5.41, 5.74) is -1.62. The Labute approximate surface area is 105 Å². The van der Waals surface area contributed by atoms with Gasteiger partial charge in [-0.3, -0.25) is 9.78 Å². The van der Waals surface area contributed by atoms with Gasteiger partial charge in [-0.15, -0.1) is 0 Å². The summed E-state index contributed by atoms with van der Waals surface area (Å²) in [6.45, 7) is -0.624. The van der Waals surface area contributed by atoms with Gasteiger partial charge in [-0.2, -0.15) is 0 Å². The third-order valence-electron chi connectivity index (χ3n) is 2.91. The standard InChI is InChI=1S/C9H13N3O7/c10-19-9(7(16)6(15)4(3-13)18-9)12-2-1-5(14)11-8(12)17/h1-2,4,6-7,13,15-16H,3,10H2,(H,11,14,17)/t4-,6-,7-,9+/m1/s1. The maximum absolute atomic E-state index is 11.7. The lowest BCUT2D eigenvalue weighted by atomic mass is 10.1. The first kappa shape index (κ1) is 13.9. The van der Waals surface area contributed by atoms with Gasteiger partial charge in [-0.1, -0.05) is 0 Å². The first-order valence-corrected chi connectivity index (χ1v) is 5.31. The van der Waals surface area contributed by atoms with Gasteiger partial charge >= 0.3 is 11.6 Å². The number of rotatable bonds is 3. The highest BCUT2D eigenvalue weighted by Gasteiger charge is 2.57. The van der Waals surface area contributed by atoms with Crippen LogP contribution in [0.15, 0.2) is 21.9 Å². The van der Waals surface area contributed by atoms with E-state index in [1.54, 1.807) is 0 Å². The zero-order chi connectivity index (χ0) is 14.2. The Morgan fingerprint density at radius 2 is 2.21 bits per heavy atom. The van der Waals surface area contributed by atoms with Gasteiger partial charge in [0.2, 0.25) is 0 Å². The smallest absolute Gasteiger partial charge is 0.332 e. The number of hydrogen-bond donors (Lipinski definition) is 5. The van der Waals surface area contributed by atoms with Crippen LogP contribution >= 0.6 is 0 Å². The molecule has 1 aromatic rings. The fourth-order valence-corrected chi connectivity index (χ4v) is 1.94. The number of ether oxygens (including phenoxy) is 1. The molecule has 0 aromatic carbocycles. The number of H-pyrrole nitrogens is 1. The summed E-state index contributed by atoms with van der Waals surface area (Å²) in [7, 11) is 0. The number of hydrogen-bond acceptors (Lipinski definition) is 8. The molecule has 10 nitrogen and oxygen atoms in total. The quantitative estimate of drug-likeness (QED) is 0.350. The normalized spacial score (nSPS) is 34.6. The third-order valence-corrected chi connectivity index (χ3v) is 2.91. The van der Waals surface area contributed by atoms with E-state index in [0.717, 1.165) is 12.3 Å². The Morgan fingerprint density at radius 1 is 1.53 bits per heavy atom. The van der Waals surface area contributed by atoms with Gasteiger partial charge in [0, 0.05) is 12.3 Å². The highest BCUT2D eigenvalue weighted by atomic mass is 16.8. The second-order valence-electron chi connectivity index (χ2n) is 4.00. The van der Waals surface area contributed by atoms with Crippen LogP contribution < -0.4 is 17.1 Å². The molecule has 1 fully saturated rings. The zero-order valence-electron chi connectivity index (χ0n) is 9.59. The molecule has 1 aliphatic rings. The summed E-state index contributed by atoms with van der Waals surface area (Å²) in [5.74, 6) is 2.82. The fraction of sp³-hybridized carbons (Fsp3) is 0.556. The molecule has 2 rings (SSSR count). The van der Waals surface area contributed by atoms with Crippen molar-refractivity contribution in [2.24, 2.45) is 5.90 Å². The first-order chi connectivity index (χ1) is 8.96. The lowest BCUT2D eigenvalue weighted by Crippen LogP contribution is -2.54. The molecule has 106 valence electrons. The van der Waals surface area contributed by atoms with Crippen LogP contribution in [0.3, 0.4) is 0 Å². The maximum Gasteiger partial charge on any atom is 0.332 e. The lowest BCUT2D eigenvalue weighted by molar-refractivity contribution is -0.321. The van der Waals surface area contributed by atoms with Crippen molar-refractivity contribution in [3.8, 4) is 0 Å². The van der Waals surface area contributed by atoms with Crippen molar-refractivity contribution in [3.05, 3.63) is 33.1 Å². The molecule has 0 unspecified atom stereocenters. The molecule has 6 N–H and O–H groups in total. The van der Waals surface area contributed by atoms with Crippen LogP contribution in [0.2, 0.25) is 0 Å². The van der Waals surface area contributed by atoms with E-state index < -0.39 is 42.1 Å². The van der Waals surface area contributed by atoms with E-state index >= 15 is 0 Å². The van der Waals surface area contributed by atoms with Crippen LogP contribution in [0.4, 0.5) is 0 Å². The Balaban J connectivity index is 2.55. The average molecular weight is 275 g/mol. The summed E-state index contributed by atoms with van der Waals surface area (Å²) in [6.07, 6.45) is -3.47. The van der Waals surface area contributed by atoms with E-state index in [1.807, 2.05) is 4.98 Å². The van der Waals surface area contributed by atoms with Crippen molar-refractivity contribution < 1.29 is 24.9 Å². The van der Waals surface area contributed by atoms with Gasteiger partial charge in [0.05, 0.1) is 6.61 Å². The second-order valence-corrected chi connectivity index (χ2v) is 4.00. The number of aromatic nitrogens is 2. The van der Waals surface area contributed by atoms with Crippen LogP contribution in [0.5, 0.6) is 0 Å². The van der Waals surface area contributed by atoms with Gasteiger partial charge in [0.1, 0.15) is 12.2 Å². The van der Waals surface area contributed by atoms with Gasteiger partial charge < -0.3 is 20.1 Å². The maximum atomic E-state index is 11.7. The van der Waals surface area contributed by atoms with E-state index in [0.29, 0.717) is 4.57 Å². The Morgan fingerprint density at radius 3 is 2.68 bits per heavy atom. The predicted octanol–water partition coefficient (Wildman–Crippen LogP) is -3.85. The molecule has 0 saturated carbocycles. The molecule has 0 bridgehead atoms. The van der Waals surface area contributed by atoms with E-state index in [1.165, 1.54) is 0 Å². The van der Waals surface area contributed by atoms with Gasteiger partial charge in [-0.25, -0.2) is 20.1 Å². The molecule has 1 aromatic heterocycles.